The van der Waals surface area contributed by atoms with Gasteiger partial charge in [-0.2, -0.15) is 0 Å². The molecule has 26 heavy (non-hydrogen) atoms. The molecular weight excluding hydrogens is 338 g/mol. The van der Waals surface area contributed by atoms with Gasteiger partial charge in [-0.3, -0.25) is 0 Å². The summed E-state index contributed by atoms with van der Waals surface area (Å²) in [4.78, 5) is 11.4. The normalized spacial score (nSPS) is 11.1. The van der Waals surface area contributed by atoms with Crippen molar-refractivity contribution in [1.29, 1.82) is 0 Å². The van der Waals surface area contributed by atoms with E-state index in [1.807, 2.05) is 32.9 Å². The van der Waals surface area contributed by atoms with Gasteiger partial charge in [0.25, 0.3) is 0 Å². The van der Waals surface area contributed by atoms with E-state index in [4.69, 9.17) is 24.7 Å². The van der Waals surface area contributed by atoms with Crippen molar-refractivity contribution >= 4 is 17.5 Å². The van der Waals surface area contributed by atoms with Crippen molar-refractivity contribution in [2.45, 2.75) is 26.4 Å². The topological polar surface area (TPSA) is 104 Å². The van der Waals surface area contributed by atoms with Gasteiger partial charge in [0.15, 0.2) is 0 Å². The molecule has 0 bridgehead atoms. The largest absolute Gasteiger partial charge is 0.497 e. The summed E-state index contributed by atoms with van der Waals surface area (Å²) < 4.78 is 21.1. The highest BCUT2D eigenvalue weighted by molar-refractivity contribution is 5.68. The Bertz CT molecular complexity index is 546. The van der Waals surface area contributed by atoms with Gasteiger partial charge in [-0.15, -0.1) is 0 Å². The Labute approximate surface area is 155 Å². The highest BCUT2D eigenvalue weighted by Crippen LogP contribution is 2.23. The Morgan fingerprint density at radius 2 is 1.73 bits per heavy atom. The number of nitrogen functional groups attached to an aromatic ring is 1. The Morgan fingerprint density at radius 1 is 1.08 bits per heavy atom. The molecule has 0 radical (unpaired) electrons. The lowest BCUT2D eigenvalue weighted by Gasteiger charge is -2.19. The molecule has 4 N–H and O–H groups in total. The van der Waals surface area contributed by atoms with Crippen molar-refractivity contribution in [3.05, 3.63) is 18.2 Å². The number of methoxy groups -OCH3 is 1. The van der Waals surface area contributed by atoms with Crippen molar-refractivity contribution in [2.24, 2.45) is 0 Å². The van der Waals surface area contributed by atoms with Crippen molar-refractivity contribution < 1.29 is 23.7 Å². The van der Waals surface area contributed by atoms with Gasteiger partial charge in [-0.05, 0) is 32.9 Å². The molecule has 0 aromatic heterocycles. The summed E-state index contributed by atoms with van der Waals surface area (Å²) in [6.45, 7) is 8.33. The Morgan fingerprint density at radius 3 is 2.35 bits per heavy atom. The van der Waals surface area contributed by atoms with E-state index in [1.54, 1.807) is 13.2 Å². The van der Waals surface area contributed by atoms with Gasteiger partial charge in [-0.1, -0.05) is 0 Å². The minimum atomic E-state index is -0.498. The summed E-state index contributed by atoms with van der Waals surface area (Å²) >= 11 is 0. The lowest BCUT2D eigenvalue weighted by atomic mass is 10.2. The van der Waals surface area contributed by atoms with Gasteiger partial charge in [0.05, 0.1) is 44.9 Å². The van der Waals surface area contributed by atoms with Crippen LogP contribution < -0.4 is 21.1 Å². The summed E-state index contributed by atoms with van der Waals surface area (Å²) in [5.74, 6) is 0.746. The minimum absolute atomic E-state index is 0.394. The molecule has 0 aliphatic carbocycles. The first kappa shape index (κ1) is 21.9. The summed E-state index contributed by atoms with van der Waals surface area (Å²) in [5.41, 5.74) is 6.87. The lowest BCUT2D eigenvalue weighted by Crippen LogP contribution is -2.34. The number of amides is 1. The molecule has 8 nitrogen and oxygen atoms in total. The van der Waals surface area contributed by atoms with Crippen LogP contribution in [0.1, 0.15) is 20.8 Å². The van der Waals surface area contributed by atoms with Crippen LogP contribution in [0, 0.1) is 0 Å². The number of rotatable bonds is 11. The van der Waals surface area contributed by atoms with Gasteiger partial charge in [0, 0.05) is 19.2 Å². The number of carbonyl (C=O) groups is 1. The molecule has 0 unspecified atom stereocenters. The van der Waals surface area contributed by atoms with Crippen molar-refractivity contribution in [3.63, 3.8) is 0 Å². The quantitative estimate of drug-likeness (QED) is 0.406. The van der Waals surface area contributed by atoms with E-state index in [2.05, 4.69) is 10.6 Å². The summed E-state index contributed by atoms with van der Waals surface area (Å²) in [7, 11) is 1.61. The van der Waals surface area contributed by atoms with Gasteiger partial charge in [-0.25, -0.2) is 4.79 Å². The summed E-state index contributed by atoms with van der Waals surface area (Å²) in [6.07, 6.45) is -0.444. The maximum atomic E-state index is 11.4. The van der Waals surface area contributed by atoms with Gasteiger partial charge >= 0.3 is 6.09 Å². The predicted molar refractivity (Wildman–Crippen MR) is 102 cm³/mol. The zero-order valence-corrected chi connectivity index (χ0v) is 16.1. The highest BCUT2D eigenvalue weighted by atomic mass is 16.6. The van der Waals surface area contributed by atoms with Crippen LogP contribution in [0.5, 0.6) is 5.75 Å². The third kappa shape index (κ3) is 9.95. The molecule has 0 spiro atoms. The van der Waals surface area contributed by atoms with E-state index < -0.39 is 11.7 Å². The second-order valence-electron chi connectivity index (χ2n) is 6.53. The average molecular weight is 369 g/mol. The number of anilines is 2. The fourth-order valence-electron chi connectivity index (χ4n) is 1.93. The molecule has 8 heteroatoms. The van der Waals surface area contributed by atoms with E-state index in [-0.39, 0.29) is 0 Å². The van der Waals surface area contributed by atoms with Gasteiger partial charge in [0.2, 0.25) is 0 Å². The maximum absolute atomic E-state index is 11.4. The Kier molecular flexibility index (Phi) is 9.61. The molecule has 0 atom stereocenters. The van der Waals surface area contributed by atoms with E-state index in [9.17, 15) is 4.79 Å². The number of nitrogens with two attached hydrogens (primary N) is 1. The van der Waals surface area contributed by atoms with Crippen LogP contribution in [0.25, 0.3) is 0 Å². The van der Waals surface area contributed by atoms with Gasteiger partial charge in [0.1, 0.15) is 11.4 Å². The molecule has 0 fully saturated rings. The maximum Gasteiger partial charge on any atom is 0.407 e. The number of hydrogen-bond donors (Lipinski definition) is 3. The van der Waals surface area contributed by atoms with E-state index in [0.717, 1.165) is 11.4 Å². The molecule has 0 aliphatic heterocycles. The molecule has 0 aliphatic rings. The monoisotopic (exact) mass is 369 g/mol. The van der Waals surface area contributed by atoms with Crippen molar-refractivity contribution in [3.8, 4) is 5.75 Å². The number of carbonyl (C=O) groups excluding carboxylic acids is 1. The zero-order valence-electron chi connectivity index (χ0n) is 16.1. The lowest BCUT2D eigenvalue weighted by molar-refractivity contribution is 0.0415. The van der Waals surface area contributed by atoms with Crippen LogP contribution in [-0.2, 0) is 14.2 Å². The number of nitrogens with one attached hydrogen (secondary N) is 2. The average Bonchev–Trinajstić information content (AvgIpc) is 2.56. The molecule has 0 heterocycles. The Balaban J connectivity index is 1.99. The standard InChI is InChI=1S/C18H31N3O5/c1-18(2,3)26-17(22)21-8-10-25-12-11-24-9-7-20-16-13-14(23-4)5-6-15(16)19/h5-6,13,20H,7-12,19H2,1-4H3,(H,21,22). The van der Waals surface area contributed by atoms with Crippen molar-refractivity contribution in [2.75, 3.05) is 57.7 Å². The number of alkyl carbamates (subject to hydrolysis) is 1. The molecule has 1 amide bonds. The molecule has 1 aromatic rings. The van der Waals surface area contributed by atoms with Crippen LogP contribution in [0.15, 0.2) is 18.2 Å². The van der Waals surface area contributed by atoms with Crippen LogP contribution in [-0.4, -0.2) is 58.3 Å². The molecular formula is C18H31N3O5. The van der Waals surface area contributed by atoms with Crippen LogP contribution in [0.3, 0.4) is 0 Å². The third-order valence-corrected chi connectivity index (χ3v) is 3.11. The molecule has 0 saturated heterocycles. The fraction of sp³-hybridized carbons (Fsp3) is 0.611. The molecule has 1 rings (SSSR count). The SMILES string of the molecule is COc1ccc(N)c(NCCOCCOCCNC(=O)OC(C)(C)C)c1. The van der Waals surface area contributed by atoms with Crippen LogP contribution in [0.2, 0.25) is 0 Å². The van der Waals surface area contributed by atoms with Gasteiger partial charge < -0.3 is 35.3 Å². The second kappa shape index (κ2) is 11.4. The minimum Gasteiger partial charge on any atom is -0.497 e. The van der Waals surface area contributed by atoms with E-state index >= 15 is 0 Å². The first-order valence-corrected chi connectivity index (χ1v) is 8.61. The summed E-state index contributed by atoms with van der Waals surface area (Å²) in [5, 5.41) is 5.82. The summed E-state index contributed by atoms with van der Waals surface area (Å²) in [6, 6.07) is 5.45. The number of ether oxygens (including phenoxy) is 4. The molecule has 0 saturated carbocycles. The third-order valence-electron chi connectivity index (χ3n) is 3.11. The zero-order chi connectivity index (χ0) is 19.4. The van der Waals surface area contributed by atoms with Crippen LogP contribution in [0.4, 0.5) is 16.2 Å². The predicted octanol–water partition coefficient (Wildman–Crippen LogP) is 2.25. The molecule has 1 aromatic carbocycles. The van der Waals surface area contributed by atoms with Crippen molar-refractivity contribution in [1.82, 2.24) is 5.32 Å². The number of benzene rings is 1. The molecule has 148 valence electrons. The second-order valence-corrected chi connectivity index (χ2v) is 6.53. The first-order valence-electron chi connectivity index (χ1n) is 8.61. The van der Waals surface area contributed by atoms with E-state index in [1.165, 1.54) is 0 Å². The van der Waals surface area contributed by atoms with Crippen LogP contribution >= 0.6 is 0 Å². The first-order chi connectivity index (χ1) is 12.3. The number of hydrogen-bond acceptors (Lipinski definition) is 7. The smallest absolute Gasteiger partial charge is 0.407 e. The fourth-order valence-corrected chi connectivity index (χ4v) is 1.93. The highest BCUT2D eigenvalue weighted by Gasteiger charge is 2.15. The Hall–Kier alpha value is -2.19. The van der Waals surface area contributed by atoms with E-state index in [0.29, 0.717) is 45.2 Å².